The number of fused-ring (bicyclic) bond motifs is 1. The van der Waals surface area contributed by atoms with E-state index in [-0.39, 0.29) is 11.1 Å². The van der Waals surface area contributed by atoms with Crippen molar-refractivity contribution >= 4 is 17.3 Å². The Hall–Kier alpha value is -2.70. The van der Waals surface area contributed by atoms with E-state index in [1.165, 1.54) is 6.07 Å². The first kappa shape index (κ1) is 21.0. The Morgan fingerprint density at radius 3 is 2.38 bits per heavy atom. The predicted octanol–water partition coefficient (Wildman–Crippen LogP) is 5.88. The molecule has 0 saturated carbocycles. The van der Waals surface area contributed by atoms with Gasteiger partial charge in [0.25, 0.3) is 5.91 Å². The molecule has 2 N–H and O–H groups in total. The summed E-state index contributed by atoms with van der Waals surface area (Å²) in [5.74, 6) is -0.913. The van der Waals surface area contributed by atoms with E-state index < -0.39 is 18.0 Å². The molecule has 1 amide bonds. The van der Waals surface area contributed by atoms with E-state index in [9.17, 15) is 18.0 Å². The van der Waals surface area contributed by atoms with Crippen molar-refractivity contribution in [3.8, 4) is 5.75 Å². The van der Waals surface area contributed by atoms with E-state index in [0.717, 1.165) is 30.4 Å². The van der Waals surface area contributed by atoms with Gasteiger partial charge in [0.2, 0.25) is 0 Å². The fourth-order valence-electron chi connectivity index (χ4n) is 3.28. The molecule has 3 rings (SSSR count). The van der Waals surface area contributed by atoms with Crippen LogP contribution in [0.3, 0.4) is 0 Å². The van der Waals surface area contributed by atoms with Gasteiger partial charge in [-0.3, -0.25) is 4.79 Å². The minimum Gasteiger partial charge on any atom is -0.403 e. The van der Waals surface area contributed by atoms with Crippen molar-refractivity contribution in [2.75, 3.05) is 17.2 Å². The van der Waals surface area contributed by atoms with E-state index in [0.29, 0.717) is 17.8 Å². The molecule has 1 aliphatic rings. The molecular weight excluding hydrogens is 381 g/mol. The van der Waals surface area contributed by atoms with E-state index in [1.54, 1.807) is 18.2 Å². The van der Waals surface area contributed by atoms with Crippen LogP contribution < -0.4 is 15.4 Å². The van der Waals surface area contributed by atoms with Crippen LogP contribution in [0.15, 0.2) is 36.4 Å². The number of anilines is 2. The first-order valence-corrected chi connectivity index (χ1v) is 9.61. The summed E-state index contributed by atoms with van der Waals surface area (Å²) in [6.07, 6.45) is -2.29. The summed E-state index contributed by atoms with van der Waals surface area (Å²) in [6, 6.07) is 9.92. The highest BCUT2D eigenvalue weighted by Gasteiger charge is 2.33. The maximum Gasteiger partial charge on any atom is 0.573 e. The summed E-state index contributed by atoms with van der Waals surface area (Å²) < 4.78 is 42.9. The van der Waals surface area contributed by atoms with Crippen LogP contribution in [0.5, 0.6) is 5.75 Å². The molecular formula is C22H25F3N2O2. The van der Waals surface area contributed by atoms with Gasteiger partial charge in [-0.1, -0.05) is 32.9 Å². The monoisotopic (exact) mass is 406 g/mol. The molecule has 0 aliphatic carbocycles. The van der Waals surface area contributed by atoms with Crippen LogP contribution in [-0.2, 0) is 11.8 Å². The summed E-state index contributed by atoms with van der Waals surface area (Å²) in [5.41, 5.74) is 2.84. The zero-order valence-corrected chi connectivity index (χ0v) is 16.7. The van der Waals surface area contributed by atoms with Crippen LogP contribution in [0.25, 0.3) is 0 Å². The molecule has 29 heavy (non-hydrogen) atoms. The normalized spacial score (nSPS) is 14.4. The average Bonchev–Trinajstić information content (AvgIpc) is 2.85. The molecule has 0 atom stereocenters. The third kappa shape index (κ3) is 5.43. The molecule has 0 saturated heterocycles. The van der Waals surface area contributed by atoms with Gasteiger partial charge >= 0.3 is 6.36 Å². The first-order chi connectivity index (χ1) is 13.5. The lowest BCUT2D eigenvalue weighted by molar-refractivity contribution is -0.274. The second kappa shape index (κ2) is 7.97. The maximum atomic E-state index is 12.9. The van der Waals surface area contributed by atoms with Crippen LogP contribution in [0, 0.1) is 0 Å². The number of carbonyl (C=O) groups is 1. The minimum atomic E-state index is -4.85. The van der Waals surface area contributed by atoms with Crippen molar-refractivity contribution in [3.05, 3.63) is 53.1 Å². The molecule has 7 heteroatoms. The van der Waals surface area contributed by atoms with Gasteiger partial charge in [0, 0.05) is 23.9 Å². The lowest BCUT2D eigenvalue weighted by atomic mass is 9.87. The number of ether oxygens (including phenoxy) is 1. The van der Waals surface area contributed by atoms with Crippen molar-refractivity contribution in [1.29, 1.82) is 0 Å². The number of hydrogen-bond donors (Lipinski definition) is 2. The van der Waals surface area contributed by atoms with E-state index >= 15 is 0 Å². The lowest BCUT2D eigenvalue weighted by Gasteiger charge is -2.19. The molecule has 2 aromatic carbocycles. The maximum absolute atomic E-state index is 12.9. The van der Waals surface area contributed by atoms with Gasteiger partial charge in [0.15, 0.2) is 5.75 Å². The number of carbonyl (C=O) groups excluding carboxylic acids is 1. The Kier molecular flexibility index (Phi) is 5.78. The van der Waals surface area contributed by atoms with Gasteiger partial charge in [-0.05, 0) is 54.0 Å². The zero-order chi connectivity index (χ0) is 21.2. The summed E-state index contributed by atoms with van der Waals surface area (Å²) >= 11 is 0. The highest BCUT2D eigenvalue weighted by Crippen LogP contribution is 2.37. The van der Waals surface area contributed by atoms with Crippen molar-refractivity contribution in [2.45, 2.75) is 51.8 Å². The molecule has 1 aliphatic heterocycles. The standard InChI is InChI=1S/C22H25F3N2O2/c1-21(2,3)16-9-7-14(8-10-16)20(28)27-18-12-15-6-4-5-11-26-17(15)13-19(18)29-22(23,24)25/h7-10,12-13,26H,4-6,11H2,1-3H3,(H,27,28). The molecule has 1 heterocycles. The zero-order valence-electron chi connectivity index (χ0n) is 16.7. The summed E-state index contributed by atoms with van der Waals surface area (Å²) in [4.78, 5) is 12.7. The molecule has 156 valence electrons. The number of halogens is 3. The van der Waals surface area contributed by atoms with Gasteiger partial charge in [-0.15, -0.1) is 13.2 Å². The van der Waals surface area contributed by atoms with Gasteiger partial charge in [-0.2, -0.15) is 0 Å². The molecule has 0 bridgehead atoms. The molecule has 0 fully saturated rings. The second-order valence-corrected chi connectivity index (χ2v) is 8.22. The SMILES string of the molecule is CC(C)(C)c1ccc(C(=O)Nc2cc3c(cc2OC(F)(F)F)NCCCC3)cc1. The number of benzene rings is 2. The topological polar surface area (TPSA) is 50.4 Å². The minimum absolute atomic E-state index is 0.00896. The average molecular weight is 406 g/mol. The smallest absolute Gasteiger partial charge is 0.403 e. The highest BCUT2D eigenvalue weighted by atomic mass is 19.4. The van der Waals surface area contributed by atoms with Gasteiger partial charge < -0.3 is 15.4 Å². The molecule has 0 aromatic heterocycles. The van der Waals surface area contributed by atoms with Crippen molar-refractivity contribution in [3.63, 3.8) is 0 Å². The van der Waals surface area contributed by atoms with E-state index in [4.69, 9.17) is 0 Å². The Labute approximate surface area is 168 Å². The molecule has 0 spiro atoms. The fraction of sp³-hybridized carbons (Fsp3) is 0.409. The summed E-state index contributed by atoms with van der Waals surface area (Å²) in [6.45, 7) is 6.87. The van der Waals surface area contributed by atoms with Crippen LogP contribution in [0.4, 0.5) is 24.5 Å². The fourth-order valence-corrected chi connectivity index (χ4v) is 3.28. The Morgan fingerprint density at radius 1 is 1.07 bits per heavy atom. The molecule has 0 unspecified atom stereocenters. The number of hydrogen-bond acceptors (Lipinski definition) is 3. The van der Waals surface area contributed by atoms with Gasteiger partial charge in [-0.25, -0.2) is 0 Å². The van der Waals surface area contributed by atoms with Crippen LogP contribution in [-0.4, -0.2) is 18.8 Å². The quantitative estimate of drug-likeness (QED) is 0.669. The largest absolute Gasteiger partial charge is 0.573 e. The van der Waals surface area contributed by atoms with Crippen molar-refractivity contribution in [2.24, 2.45) is 0 Å². The van der Waals surface area contributed by atoms with E-state index in [2.05, 4.69) is 36.1 Å². The summed E-state index contributed by atoms with van der Waals surface area (Å²) in [7, 11) is 0. The van der Waals surface area contributed by atoms with Crippen molar-refractivity contribution < 1.29 is 22.7 Å². The number of rotatable bonds is 3. The van der Waals surface area contributed by atoms with E-state index in [1.807, 2.05) is 12.1 Å². The Balaban J connectivity index is 1.90. The Morgan fingerprint density at radius 2 is 1.76 bits per heavy atom. The third-order valence-corrected chi connectivity index (χ3v) is 4.88. The second-order valence-electron chi connectivity index (χ2n) is 8.22. The highest BCUT2D eigenvalue weighted by molar-refractivity contribution is 6.05. The number of nitrogens with one attached hydrogen (secondary N) is 2. The van der Waals surface area contributed by atoms with Gasteiger partial charge in [0.1, 0.15) is 0 Å². The summed E-state index contributed by atoms with van der Waals surface area (Å²) in [5, 5.41) is 5.71. The number of amides is 1. The van der Waals surface area contributed by atoms with Crippen LogP contribution in [0.2, 0.25) is 0 Å². The van der Waals surface area contributed by atoms with Gasteiger partial charge in [0.05, 0.1) is 5.69 Å². The Bertz CT molecular complexity index is 885. The van der Waals surface area contributed by atoms with Crippen LogP contribution >= 0.6 is 0 Å². The number of alkyl halides is 3. The molecule has 2 aromatic rings. The van der Waals surface area contributed by atoms with Crippen LogP contribution in [0.1, 0.15) is 55.1 Å². The third-order valence-electron chi connectivity index (χ3n) is 4.88. The molecule has 0 radical (unpaired) electrons. The molecule has 4 nitrogen and oxygen atoms in total. The first-order valence-electron chi connectivity index (χ1n) is 9.61. The lowest BCUT2D eigenvalue weighted by Crippen LogP contribution is -2.20. The van der Waals surface area contributed by atoms with Crippen molar-refractivity contribution in [1.82, 2.24) is 0 Å². The predicted molar refractivity (Wildman–Crippen MR) is 108 cm³/mol. The number of aryl methyl sites for hydroxylation is 1.